The van der Waals surface area contributed by atoms with E-state index >= 15 is 0 Å². The van der Waals surface area contributed by atoms with Gasteiger partial charge in [-0.1, -0.05) is 13.8 Å². The highest BCUT2D eigenvalue weighted by molar-refractivity contribution is 5.94. The largest absolute Gasteiger partial charge is 0.481 e. The molecule has 5 unspecified atom stereocenters. The summed E-state index contributed by atoms with van der Waals surface area (Å²) in [5, 5.41) is 35.0. The number of aliphatic hydroxyl groups excluding tert-OH is 1. The SMILES string of the molecule is CC(C)CC(NC(=O)C(CCC(=O)O)NC(=O)C(NC(=O)C(N)CCC(N)=O)C(C)O)C(=O)O. The van der Waals surface area contributed by atoms with Crippen LogP contribution in [0.3, 0.4) is 0 Å². The maximum atomic E-state index is 12.7. The van der Waals surface area contributed by atoms with Crippen LogP contribution in [0.2, 0.25) is 0 Å². The standard InChI is InChI=1S/C20H35N5O9/c1-9(2)8-13(20(33)34)24-18(31)12(5-7-15(28)29)23-19(32)16(10(3)26)25-17(30)11(21)4-6-14(22)27/h9-13,16,26H,4-8,21H2,1-3H3,(H2,22,27)(H,23,32)(H,24,31)(H,25,30)(H,28,29)(H,33,34). The summed E-state index contributed by atoms with van der Waals surface area (Å²) in [4.78, 5) is 70.9. The van der Waals surface area contributed by atoms with Gasteiger partial charge in [-0.05, 0) is 32.1 Å². The van der Waals surface area contributed by atoms with E-state index in [9.17, 15) is 39.0 Å². The first kappa shape index (κ1) is 30.7. The van der Waals surface area contributed by atoms with Crippen LogP contribution in [0.4, 0.5) is 0 Å². The van der Waals surface area contributed by atoms with Crippen LogP contribution in [0.1, 0.15) is 52.9 Å². The summed E-state index contributed by atoms with van der Waals surface area (Å²) in [6.45, 7) is 4.68. The van der Waals surface area contributed by atoms with E-state index in [1.54, 1.807) is 13.8 Å². The second-order valence-electron chi connectivity index (χ2n) is 8.36. The molecule has 0 saturated heterocycles. The number of hydrogen-bond acceptors (Lipinski definition) is 8. The third-order valence-electron chi connectivity index (χ3n) is 4.70. The number of nitrogens with two attached hydrogens (primary N) is 2. The Morgan fingerprint density at radius 1 is 0.794 bits per heavy atom. The Balaban J connectivity index is 5.47. The molecule has 4 amide bonds. The van der Waals surface area contributed by atoms with Gasteiger partial charge in [0.15, 0.2) is 0 Å². The Labute approximate surface area is 196 Å². The Kier molecular flexibility index (Phi) is 13.4. The normalized spacial score (nSPS) is 15.4. The van der Waals surface area contributed by atoms with Crippen molar-refractivity contribution in [2.45, 2.75) is 83.1 Å². The molecule has 10 N–H and O–H groups in total. The van der Waals surface area contributed by atoms with Gasteiger partial charge >= 0.3 is 11.9 Å². The van der Waals surface area contributed by atoms with Gasteiger partial charge in [0.05, 0.1) is 12.1 Å². The lowest BCUT2D eigenvalue weighted by molar-refractivity contribution is -0.143. The highest BCUT2D eigenvalue weighted by atomic mass is 16.4. The maximum Gasteiger partial charge on any atom is 0.326 e. The molecule has 14 nitrogen and oxygen atoms in total. The van der Waals surface area contributed by atoms with Crippen molar-refractivity contribution in [2.75, 3.05) is 0 Å². The number of rotatable bonds is 16. The van der Waals surface area contributed by atoms with Crippen LogP contribution >= 0.6 is 0 Å². The quantitative estimate of drug-likeness (QED) is 0.112. The molecule has 14 heteroatoms. The number of aliphatic hydroxyl groups is 1. The molecule has 0 bridgehead atoms. The third kappa shape index (κ3) is 12.1. The van der Waals surface area contributed by atoms with Gasteiger partial charge in [-0.3, -0.25) is 24.0 Å². The zero-order chi connectivity index (χ0) is 26.6. The molecule has 0 spiro atoms. The molecular formula is C20H35N5O9. The Morgan fingerprint density at radius 2 is 1.35 bits per heavy atom. The molecule has 0 aliphatic rings. The molecule has 0 radical (unpaired) electrons. The first-order valence-electron chi connectivity index (χ1n) is 10.7. The molecule has 5 atom stereocenters. The number of carbonyl (C=O) groups is 6. The van der Waals surface area contributed by atoms with Crippen LogP contribution in [0.25, 0.3) is 0 Å². The zero-order valence-electron chi connectivity index (χ0n) is 19.4. The van der Waals surface area contributed by atoms with Crippen molar-refractivity contribution >= 4 is 35.6 Å². The van der Waals surface area contributed by atoms with Crippen LogP contribution < -0.4 is 27.4 Å². The predicted molar refractivity (Wildman–Crippen MR) is 118 cm³/mol. The predicted octanol–water partition coefficient (Wildman–Crippen LogP) is -2.59. The van der Waals surface area contributed by atoms with Crippen molar-refractivity contribution in [3.05, 3.63) is 0 Å². The van der Waals surface area contributed by atoms with Crippen LogP contribution in [0.15, 0.2) is 0 Å². The molecule has 0 aliphatic carbocycles. The van der Waals surface area contributed by atoms with Crippen LogP contribution in [-0.4, -0.2) is 81.2 Å². The number of amides is 4. The van der Waals surface area contributed by atoms with Crippen molar-refractivity contribution < 1.29 is 44.1 Å². The van der Waals surface area contributed by atoms with Crippen LogP contribution in [-0.2, 0) is 28.8 Å². The smallest absolute Gasteiger partial charge is 0.326 e. The Bertz CT molecular complexity index is 757. The van der Waals surface area contributed by atoms with E-state index in [-0.39, 0.29) is 31.6 Å². The third-order valence-corrected chi connectivity index (χ3v) is 4.70. The summed E-state index contributed by atoms with van der Waals surface area (Å²) in [5.41, 5.74) is 10.7. The lowest BCUT2D eigenvalue weighted by atomic mass is 10.0. The molecule has 0 heterocycles. The summed E-state index contributed by atoms with van der Waals surface area (Å²) in [7, 11) is 0. The minimum Gasteiger partial charge on any atom is -0.481 e. The van der Waals surface area contributed by atoms with E-state index in [0.29, 0.717) is 0 Å². The maximum absolute atomic E-state index is 12.7. The lowest BCUT2D eigenvalue weighted by Gasteiger charge is -2.26. The fraction of sp³-hybridized carbons (Fsp3) is 0.700. The van der Waals surface area contributed by atoms with Gasteiger partial charge < -0.3 is 42.7 Å². The molecule has 0 aromatic rings. The summed E-state index contributed by atoms with van der Waals surface area (Å²) >= 11 is 0. The molecule has 0 aromatic carbocycles. The van der Waals surface area contributed by atoms with Gasteiger partial charge in [-0.2, -0.15) is 0 Å². The average molecular weight is 490 g/mol. The number of carboxylic acid groups (broad SMARTS) is 2. The van der Waals surface area contributed by atoms with Crippen molar-refractivity contribution in [1.82, 2.24) is 16.0 Å². The van der Waals surface area contributed by atoms with E-state index in [0.717, 1.165) is 0 Å². The van der Waals surface area contributed by atoms with Crippen molar-refractivity contribution in [3.8, 4) is 0 Å². The second-order valence-corrected chi connectivity index (χ2v) is 8.36. The van der Waals surface area contributed by atoms with Gasteiger partial charge in [-0.25, -0.2) is 4.79 Å². The van der Waals surface area contributed by atoms with E-state index in [1.165, 1.54) is 6.92 Å². The molecule has 0 aromatic heterocycles. The molecular weight excluding hydrogens is 454 g/mol. The number of carboxylic acids is 2. The summed E-state index contributed by atoms with van der Waals surface area (Å²) < 4.78 is 0. The fourth-order valence-electron chi connectivity index (χ4n) is 2.86. The first-order valence-corrected chi connectivity index (χ1v) is 10.7. The number of nitrogens with one attached hydrogen (secondary N) is 3. The summed E-state index contributed by atoms with van der Waals surface area (Å²) in [6.07, 6.45) is -2.53. The molecule has 0 rings (SSSR count). The minimum atomic E-state index is -1.57. The van der Waals surface area contributed by atoms with Crippen molar-refractivity contribution in [1.29, 1.82) is 0 Å². The van der Waals surface area contributed by atoms with Crippen molar-refractivity contribution in [3.63, 3.8) is 0 Å². The number of primary amides is 1. The minimum absolute atomic E-state index is 0.0814. The monoisotopic (exact) mass is 489 g/mol. The number of hydrogen-bond donors (Lipinski definition) is 8. The summed E-state index contributed by atoms with van der Waals surface area (Å²) in [6, 6.07) is -5.51. The molecule has 34 heavy (non-hydrogen) atoms. The first-order chi connectivity index (χ1) is 15.6. The summed E-state index contributed by atoms with van der Waals surface area (Å²) in [5.74, 6) is -6.14. The van der Waals surface area contributed by atoms with Gasteiger partial charge in [0.2, 0.25) is 23.6 Å². The lowest BCUT2D eigenvalue weighted by Crippen LogP contribution is -2.59. The zero-order valence-corrected chi connectivity index (χ0v) is 19.4. The van der Waals surface area contributed by atoms with E-state index < -0.39 is 72.3 Å². The fourth-order valence-corrected chi connectivity index (χ4v) is 2.86. The van der Waals surface area contributed by atoms with Crippen molar-refractivity contribution in [2.24, 2.45) is 17.4 Å². The number of aliphatic carboxylic acids is 2. The van der Waals surface area contributed by atoms with Crippen LogP contribution in [0, 0.1) is 5.92 Å². The number of carbonyl (C=O) groups excluding carboxylic acids is 4. The van der Waals surface area contributed by atoms with Gasteiger partial charge in [0.25, 0.3) is 0 Å². The second kappa shape index (κ2) is 14.8. The van der Waals surface area contributed by atoms with E-state index in [4.69, 9.17) is 16.6 Å². The van der Waals surface area contributed by atoms with E-state index in [1.807, 2.05) is 0 Å². The molecule has 0 aliphatic heterocycles. The van der Waals surface area contributed by atoms with Gasteiger partial charge in [0.1, 0.15) is 18.1 Å². The average Bonchev–Trinajstić information content (AvgIpc) is 2.71. The van der Waals surface area contributed by atoms with Gasteiger partial charge in [0, 0.05) is 12.8 Å². The Hall–Kier alpha value is -3.26. The highest BCUT2D eigenvalue weighted by Crippen LogP contribution is 2.08. The Morgan fingerprint density at radius 3 is 1.79 bits per heavy atom. The molecule has 0 fully saturated rings. The van der Waals surface area contributed by atoms with Crippen LogP contribution in [0.5, 0.6) is 0 Å². The highest BCUT2D eigenvalue weighted by Gasteiger charge is 2.32. The van der Waals surface area contributed by atoms with Gasteiger partial charge in [-0.15, -0.1) is 0 Å². The molecule has 0 saturated carbocycles. The topological polar surface area (TPSA) is 251 Å². The molecule has 194 valence electrons. The van der Waals surface area contributed by atoms with E-state index in [2.05, 4.69) is 16.0 Å².